The zero-order valence-electron chi connectivity index (χ0n) is 17.5. The predicted octanol–water partition coefficient (Wildman–Crippen LogP) is 4.20. The van der Waals surface area contributed by atoms with E-state index in [4.69, 9.17) is 9.47 Å². The van der Waals surface area contributed by atoms with Crippen molar-refractivity contribution in [1.82, 2.24) is 14.9 Å². The van der Waals surface area contributed by atoms with Gasteiger partial charge in [0.2, 0.25) is 5.88 Å². The van der Waals surface area contributed by atoms with E-state index < -0.39 is 0 Å². The molecular formula is C24H27N3O3. The molecule has 1 amide bonds. The fourth-order valence-corrected chi connectivity index (χ4v) is 3.58. The molecule has 1 aliphatic rings. The summed E-state index contributed by atoms with van der Waals surface area (Å²) in [5.74, 6) is 1.74. The topological polar surface area (TPSA) is 64.5 Å². The Balaban J connectivity index is 1.24. The molecule has 1 aromatic heterocycles. The van der Waals surface area contributed by atoms with Crippen LogP contribution in [0.3, 0.4) is 0 Å². The number of ether oxygens (including phenoxy) is 2. The van der Waals surface area contributed by atoms with Gasteiger partial charge < -0.3 is 14.4 Å². The van der Waals surface area contributed by atoms with Crippen molar-refractivity contribution in [2.45, 2.75) is 38.7 Å². The van der Waals surface area contributed by atoms with Crippen molar-refractivity contribution in [2.75, 3.05) is 19.7 Å². The van der Waals surface area contributed by atoms with E-state index in [0.29, 0.717) is 24.9 Å². The van der Waals surface area contributed by atoms with Crippen molar-refractivity contribution < 1.29 is 14.3 Å². The van der Waals surface area contributed by atoms with E-state index in [1.54, 1.807) is 6.20 Å². The molecule has 0 N–H and O–H groups in total. The Morgan fingerprint density at radius 1 is 1.07 bits per heavy atom. The summed E-state index contributed by atoms with van der Waals surface area (Å²) in [6.07, 6.45) is 3.24. The fourth-order valence-electron chi connectivity index (χ4n) is 3.58. The van der Waals surface area contributed by atoms with E-state index in [1.807, 2.05) is 53.4 Å². The van der Waals surface area contributed by atoms with Gasteiger partial charge in [0.05, 0.1) is 17.2 Å². The van der Waals surface area contributed by atoms with Gasteiger partial charge in [-0.25, -0.2) is 9.97 Å². The highest BCUT2D eigenvalue weighted by Crippen LogP contribution is 2.21. The molecule has 0 saturated carbocycles. The third kappa shape index (κ3) is 4.87. The van der Waals surface area contributed by atoms with E-state index in [1.165, 1.54) is 5.56 Å². The van der Waals surface area contributed by atoms with E-state index in [9.17, 15) is 4.79 Å². The van der Waals surface area contributed by atoms with E-state index in [0.717, 1.165) is 29.6 Å². The van der Waals surface area contributed by atoms with Gasteiger partial charge in [-0.1, -0.05) is 38.1 Å². The monoisotopic (exact) mass is 405 g/mol. The maximum absolute atomic E-state index is 12.5. The van der Waals surface area contributed by atoms with Gasteiger partial charge >= 0.3 is 0 Å². The summed E-state index contributed by atoms with van der Waals surface area (Å²) in [5.41, 5.74) is 2.93. The molecule has 1 saturated heterocycles. The second kappa shape index (κ2) is 9.11. The van der Waals surface area contributed by atoms with Gasteiger partial charge in [-0.3, -0.25) is 4.79 Å². The molecule has 156 valence electrons. The van der Waals surface area contributed by atoms with Crippen LogP contribution in [0.1, 0.15) is 38.2 Å². The van der Waals surface area contributed by atoms with Crippen molar-refractivity contribution in [3.05, 3.63) is 60.3 Å². The van der Waals surface area contributed by atoms with Crippen LogP contribution in [0.5, 0.6) is 11.6 Å². The highest BCUT2D eigenvalue weighted by atomic mass is 16.5. The van der Waals surface area contributed by atoms with Crippen molar-refractivity contribution in [2.24, 2.45) is 0 Å². The third-order valence-corrected chi connectivity index (χ3v) is 5.42. The Morgan fingerprint density at radius 2 is 1.77 bits per heavy atom. The molecule has 2 aromatic carbocycles. The zero-order valence-corrected chi connectivity index (χ0v) is 17.5. The number of nitrogens with zero attached hydrogens (tertiary/aromatic N) is 3. The molecule has 6 nitrogen and oxygen atoms in total. The maximum Gasteiger partial charge on any atom is 0.260 e. The van der Waals surface area contributed by atoms with Crippen LogP contribution in [0.2, 0.25) is 0 Å². The lowest BCUT2D eigenvalue weighted by Gasteiger charge is -2.31. The molecular weight excluding hydrogens is 378 g/mol. The molecule has 0 radical (unpaired) electrons. The van der Waals surface area contributed by atoms with E-state index >= 15 is 0 Å². The van der Waals surface area contributed by atoms with Gasteiger partial charge in [0.25, 0.3) is 5.91 Å². The summed E-state index contributed by atoms with van der Waals surface area (Å²) in [7, 11) is 0. The number of carbonyl (C=O) groups excluding carboxylic acids is 1. The quantitative estimate of drug-likeness (QED) is 0.615. The minimum atomic E-state index is 0.00637. The number of benzene rings is 2. The van der Waals surface area contributed by atoms with Gasteiger partial charge in [-0.05, 0) is 35.7 Å². The van der Waals surface area contributed by atoms with Crippen molar-refractivity contribution in [3.63, 3.8) is 0 Å². The van der Waals surface area contributed by atoms with Crippen molar-refractivity contribution in [1.29, 1.82) is 0 Å². The standard InChI is InChI=1S/C24H27N3O3/c1-17(2)18-7-9-19(10-8-18)29-16-24(28)27-13-11-20(12-14-27)30-23-15-25-21-5-3-4-6-22(21)26-23/h3-10,15,17,20H,11-14,16H2,1-2H3. The third-order valence-electron chi connectivity index (χ3n) is 5.42. The summed E-state index contributed by atoms with van der Waals surface area (Å²) < 4.78 is 11.7. The second-order valence-electron chi connectivity index (χ2n) is 7.91. The average molecular weight is 405 g/mol. The molecule has 0 unspecified atom stereocenters. The summed E-state index contributed by atoms with van der Waals surface area (Å²) in [4.78, 5) is 23.2. The SMILES string of the molecule is CC(C)c1ccc(OCC(=O)N2CCC(Oc3cnc4ccccc4n3)CC2)cc1. The van der Waals surface area contributed by atoms with Crippen molar-refractivity contribution >= 4 is 16.9 Å². The van der Waals surface area contributed by atoms with Gasteiger partial charge in [0, 0.05) is 25.9 Å². The first kappa shape index (κ1) is 20.1. The largest absolute Gasteiger partial charge is 0.484 e. The fraction of sp³-hybridized carbons (Fsp3) is 0.375. The first-order chi connectivity index (χ1) is 14.6. The van der Waals surface area contributed by atoms with Crippen LogP contribution in [0.15, 0.2) is 54.7 Å². The summed E-state index contributed by atoms with van der Waals surface area (Å²) in [5, 5.41) is 0. The van der Waals surface area contributed by atoms with Gasteiger partial charge in [0.15, 0.2) is 6.61 Å². The lowest BCUT2D eigenvalue weighted by atomic mass is 10.0. The number of hydrogen-bond acceptors (Lipinski definition) is 5. The first-order valence-corrected chi connectivity index (χ1v) is 10.5. The molecule has 0 bridgehead atoms. The average Bonchev–Trinajstić information content (AvgIpc) is 2.78. The molecule has 3 aromatic rings. The van der Waals surface area contributed by atoms with E-state index in [-0.39, 0.29) is 18.6 Å². The highest BCUT2D eigenvalue weighted by Gasteiger charge is 2.24. The molecule has 0 aliphatic carbocycles. The number of fused-ring (bicyclic) bond motifs is 1. The summed E-state index contributed by atoms with van der Waals surface area (Å²) in [6.45, 7) is 5.67. The van der Waals surface area contributed by atoms with Gasteiger partial charge in [-0.15, -0.1) is 0 Å². The number of hydrogen-bond donors (Lipinski definition) is 0. The smallest absolute Gasteiger partial charge is 0.260 e. The number of aromatic nitrogens is 2. The molecule has 0 atom stereocenters. The van der Waals surface area contributed by atoms with Crippen LogP contribution in [-0.2, 0) is 4.79 Å². The lowest BCUT2D eigenvalue weighted by molar-refractivity contribution is -0.135. The van der Waals surface area contributed by atoms with Crippen molar-refractivity contribution in [3.8, 4) is 11.6 Å². The Morgan fingerprint density at radius 3 is 2.47 bits per heavy atom. The second-order valence-corrected chi connectivity index (χ2v) is 7.91. The lowest BCUT2D eigenvalue weighted by Crippen LogP contribution is -2.43. The van der Waals surface area contributed by atoms with Gasteiger partial charge in [0.1, 0.15) is 11.9 Å². The number of likely N-dealkylation sites (tertiary alicyclic amines) is 1. The highest BCUT2D eigenvalue weighted by molar-refractivity contribution is 5.78. The molecule has 1 aliphatic heterocycles. The molecule has 2 heterocycles. The summed E-state index contributed by atoms with van der Waals surface area (Å²) >= 11 is 0. The zero-order chi connectivity index (χ0) is 20.9. The minimum absolute atomic E-state index is 0.00637. The van der Waals surface area contributed by atoms with Crippen LogP contribution in [-0.4, -0.2) is 46.6 Å². The van der Waals surface area contributed by atoms with Crippen LogP contribution in [0.25, 0.3) is 11.0 Å². The van der Waals surface area contributed by atoms with Gasteiger partial charge in [-0.2, -0.15) is 0 Å². The Bertz CT molecular complexity index is 996. The summed E-state index contributed by atoms with van der Waals surface area (Å²) in [6, 6.07) is 15.7. The van der Waals surface area contributed by atoms with Crippen LogP contribution in [0.4, 0.5) is 0 Å². The first-order valence-electron chi connectivity index (χ1n) is 10.5. The Kier molecular flexibility index (Phi) is 6.12. The van der Waals surface area contributed by atoms with Crippen LogP contribution < -0.4 is 9.47 Å². The maximum atomic E-state index is 12.5. The molecule has 0 spiro atoms. The number of carbonyl (C=O) groups is 1. The number of amides is 1. The molecule has 1 fully saturated rings. The van der Waals surface area contributed by atoms with Crippen LogP contribution in [0, 0.1) is 0 Å². The number of para-hydroxylation sites is 2. The predicted molar refractivity (Wildman–Crippen MR) is 116 cm³/mol. The van der Waals surface area contributed by atoms with E-state index in [2.05, 4.69) is 23.8 Å². The van der Waals surface area contributed by atoms with Crippen LogP contribution >= 0.6 is 0 Å². The minimum Gasteiger partial charge on any atom is -0.484 e. The molecule has 4 rings (SSSR count). The molecule has 6 heteroatoms. The Labute approximate surface area is 176 Å². The normalized spacial score (nSPS) is 14.8. The molecule has 30 heavy (non-hydrogen) atoms. The number of rotatable bonds is 6. The Hall–Kier alpha value is -3.15. The number of piperidine rings is 1.